The second-order valence-electron chi connectivity index (χ2n) is 2.59. The van der Waals surface area contributed by atoms with E-state index < -0.39 is 12.2 Å². The highest BCUT2D eigenvalue weighted by molar-refractivity contribution is 4.70. The highest BCUT2D eigenvalue weighted by atomic mass is 19.1. The molecule has 0 aliphatic heterocycles. The molecule has 0 saturated carbocycles. The molecule has 3 atom stereocenters. The average Bonchev–Trinajstić information content (AvgIpc) is 1.63. The first-order valence-electron chi connectivity index (χ1n) is 3.19. The molecular formula is C6H15FN2. The van der Waals surface area contributed by atoms with Crippen molar-refractivity contribution in [3.63, 3.8) is 0 Å². The predicted molar refractivity (Wildman–Crippen MR) is 36.8 cm³/mol. The van der Waals surface area contributed by atoms with Gasteiger partial charge in [0.2, 0.25) is 0 Å². The van der Waals surface area contributed by atoms with Gasteiger partial charge in [0.05, 0.1) is 0 Å². The van der Waals surface area contributed by atoms with Gasteiger partial charge in [-0.1, -0.05) is 0 Å². The van der Waals surface area contributed by atoms with Gasteiger partial charge in [-0.15, -0.1) is 0 Å². The maximum atomic E-state index is 12.6. The van der Waals surface area contributed by atoms with Crippen molar-refractivity contribution in [1.29, 1.82) is 0 Å². The van der Waals surface area contributed by atoms with E-state index >= 15 is 0 Å². The molecule has 56 valence electrons. The minimum atomic E-state index is -0.954. The van der Waals surface area contributed by atoms with Gasteiger partial charge in [0, 0.05) is 12.1 Å². The average molecular weight is 134 g/mol. The first-order valence-corrected chi connectivity index (χ1v) is 3.19. The lowest BCUT2D eigenvalue weighted by molar-refractivity contribution is 0.263. The van der Waals surface area contributed by atoms with E-state index in [1.165, 1.54) is 0 Å². The maximum absolute atomic E-state index is 12.6. The van der Waals surface area contributed by atoms with E-state index in [9.17, 15) is 4.39 Å². The van der Waals surface area contributed by atoms with Gasteiger partial charge in [0.15, 0.2) is 0 Å². The van der Waals surface area contributed by atoms with Crippen molar-refractivity contribution in [3.8, 4) is 0 Å². The first kappa shape index (κ1) is 8.85. The molecule has 0 spiro atoms. The van der Waals surface area contributed by atoms with Gasteiger partial charge in [-0.3, -0.25) is 0 Å². The summed E-state index contributed by atoms with van der Waals surface area (Å²) in [5.74, 6) is 0. The van der Waals surface area contributed by atoms with Crippen LogP contribution in [0.5, 0.6) is 0 Å². The number of hydrogen-bond donors (Lipinski definition) is 2. The van der Waals surface area contributed by atoms with E-state index in [-0.39, 0.29) is 6.04 Å². The van der Waals surface area contributed by atoms with Crippen LogP contribution >= 0.6 is 0 Å². The zero-order valence-electron chi connectivity index (χ0n) is 5.97. The van der Waals surface area contributed by atoms with E-state index in [2.05, 4.69) is 0 Å². The Balaban J connectivity index is 3.38. The highest BCUT2D eigenvalue weighted by Gasteiger charge is 2.12. The van der Waals surface area contributed by atoms with E-state index in [1.54, 1.807) is 13.8 Å². The first-order chi connectivity index (χ1) is 4.04. The summed E-state index contributed by atoms with van der Waals surface area (Å²) >= 11 is 0. The molecule has 0 aromatic rings. The lowest BCUT2D eigenvalue weighted by atomic mass is 10.1. The Hall–Kier alpha value is -0.150. The van der Waals surface area contributed by atoms with Gasteiger partial charge in [0.1, 0.15) is 6.17 Å². The van der Waals surface area contributed by atoms with Crippen LogP contribution in [0.4, 0.5) is 4.39 Å². The lowest BCUT2D eigenvalue weighted by Crippen LogP contribution is -2.32. The zero-order valence-corrected chi connectivity index (χ0v) is 5.97. The van der Waals surface area contributed by atoms with Gasteiger partial charge in [-0.2, -0.15) is 0 Å². The number of halogens is 1. The van der Waals surface area contributed by atoms with Crippen molar-refractivity contribution < 1.29 is 4.39 Å². The molecule has 0 fully saturated rings. The van der Waals surface area contributed by atoms with Crippen molar-refractivity contribution in [2.24, 2.45) is 11.5 Å². The molecule has 0 aromatic carbocycles. The Bertz CT molecular complexity index is 73.5. The number of hydrogen-bond acceptors (Lipinski definition) is 2. The molecule has 0 heterocycles. The minimum absolute atomic E-state index is 0.0917. The van der Waals surface area contributed by atoms with Gasteiger partial charge in [0.25, 0.3) is 0 Å². The third kappa shape index (κ3) is 4.36. The Morgan fingerprint density at radius 1 is 1.33 bits per heavy atom. The molecule has 0 amide bonds. The fourth-order valence-corrected chi connectivity index (χ4v) is 0.570. The van der Waals surface area contributed by atoms with Crippen LogP contribution in [0.1, 0.15) is 20.3 Å². The van der Waals surface area contributed by atoms with Gasteiger partial charge >= 0.3 is 0 Å². The van der Waals surface area contributed by atoms with Crippen molar-refractivity contribution in [1.82, 2.24) is 0 Å². The smallest absolute Gasteiger partial charge is 0.116 e. The van der Waals surface area contributed by atoms with Crippen LogP contribution in [0, 0.1) is 0 Å². The molecule has 0 bridgehead atoms. The van der Waals surface area contributed by atoms with Crippen LogP contribution in [0.25, 0.3) is 0 Å². The molecule has 0 radical (unpaired) electrons. The van der Waals surface area contributed by atoms with Crippen molar-refractivity contribution in [2.75, 3.05) is 0 Å². The quantitative estimate of drug-likeness (QED) is 0.587. The SMILES string of the molecule is CC(N)CC(F)C(C)N. The Kier molecular flexibility index (Phi) is 3.73. The molecular weight excluding hydrogens is 119 g/mol. The summed E-state index contributed by atoms with van der Waals surface area (Å²) < 4.78 is 12.6. The Morgan fingerprint density at radius 2 is 1.78 bits per heavy atom. The van der Waals surface area contributed by atoms with Crippen molar-refractivity contribution in [3.05, 3.63) is 0 Å². The van der Waals surface area contributed by atoms with Crippen LogP contribution in [0.2, 0.25) is 0 Å². The molecule has 4 N–H and O–H groups in total. The summed E-state index contributed by atoms with van der Waals surface area (Å²) in [6.07, 6.45) is -0.595. The predicted octanol–water partition coefficient (Wildman–Crippen LogP) is 0.409. The van der Waals surface area contributed by atoms with Crippen LogP contribution < -0.4 is 11.5 Å². The number of rotatable bonds is 3. The fraction of sp³-hybridized carbons (Fsp3) is 1.00. The molecule has 0 saturated heterocycles. The van der Waals surface area contributed by atoms with E-state index in [4.69, 9.17) is 11.5 Å². The summed E-state index contributed by atoms with van der Waals surface area (Å²) in [6.45, 7) is 3.42. The molecule has 2 nitrogen and oxygen atoms in total. The molecule has 3 unspecified atom stereocenters. The Labute approximate surface area is 55.4 Å². The van der Waals surface area contributed by atoms with E-state index in [0.29, 0.717) is 6.42 Å². The second kappa shape index (κ2) is 3.80. The number of alkyl halides is 1. The normalized spacial score (nSPS) is 21.0. The van der Waals surface area contributed by atoms with Crippen LogP contribution in [-0.2, 0) is 0 Å². The molecule has 0 rings (SSSR count). The molecule has 3 heteroatoms. The topological polar surface area (TPSA) is 52.0 Å². The van der Waals surface area contributed by atoms with Crippen LogP contribution in [0.3, 0.4) is 0 Å². The molecule has 9 heavy (non-hydrogen) atoms. The third-order valence-corrected chi connectivity index (χ3v) is 1.17. The maximum Gasteiger partial charge on any atom is 0.116 e. The van der Waals surface area contributed by atoms with Gasteiger partial charge in [-0.25, -0.2) is 4.39 Å². The van der Waals surface area contributed by atoms with Gasteiger partial charge in [-0.05, 0) is 20.3 Å². The second-order valence-corrected chi connectivity index (χ2v) is 2.59. The van der Waals surface area contributed by atoms with Crippen molar-refractivity contribution >= 4 is 0 Å². The summed E-state index contributed by atoms with van der Waals surface area (Å²) in [5, 5.41) is 0. The molecule has 0 aliphatic carbocycles. The monoisotopic (exact) mass is 134 g/mol. The standard InChI is InChI=1S/C6H15FN2/c1-4(8)3-6(7)5(2)9/h4-6H,3,8-9H2,1-2H3. The number of nitrogens with two attached hydrogens (primary N) is 2. The third-order valence-electron chi connectivity index (χ3n) is 1.17. The summed E-state index contributed by atoms with van der Waals surface area (Å²) in [7, 11) is 0. The summed E-state index contributed by atoms with van der Waals surface area (Å²) in [6, 6.07) is -0.484. The van der Waals surface area contributed by atoms with Gasteiger partial charge < -0.3 is 11.5 Å². The van der Waals surface area contributed by atoms with E-state index in [0.717, 1.165) is 0 Å². The lowest BCUT2D eigenvalue weighted by Gasteiger charge is -2.13. The fourth-order valence-electron chi connectivity index (χ4n) is 0.570. The summed E-state index contributed by atoms with van der Waals surface area (Å²) in [5.41, 5.74) is 10.6. The van der Waals surface area contributed by atoms with Crippen LogP contribution in [-0.4, -0.2) is 18.3 Å². The molecule has 0 aromatic heterocycles. The van der Waals surface area contributed by atoms with Crippen LogP contribution in [0.15, 0.2) is 0 Å². The minimum Gasteiger partial charge on any atom is -0.328 e. The largest absolute Gasteiger partial charge is 0.328 e. The highest BCUT2D eigenvalue weighted by Crippen LogP contribution is 2.03. The zero-order chi connectivity index (χ0) is 7.44. The van der Waals surface area contributed by atoms with Crippen molar-refractivity contribution in [2.45, 2.75) is 38.5 Å². The van der Waals surface area contributed by atoms with E-state index in [1.807, 2.05) is 0 Å². The molecule has 0 aliphatic rings. The Morgan fingerprint density at radius 3 is 1.89 bits per heavy atom. The summed E-state index contributed by atoms with van der Waals surface area (Å²) in [4.78, 5) is 0.